The van der Waals surface area contributed by atoms with Gasteiger partial charge < -0.3 is 15.6 Å². The van der Waals surface area contributed by atoms with Crippen LogP contribution in [0.2, 0.25) is 0 Å². The summed E-state index contributed by atoms with van der Waals surface area (Å²) in [5.74, 6) is 0. The topological polar surface area (TPSA) is 55.5 Å². The van der Waals surface area contributed by atoms with E-state index in [4.69, 9.17) is 10.8 Å². The normalized spacial score (nSPS) is 13.4. The third-order valence-electron chi connectivity index (χ3n) is 1.17. The van der Waals surface area contributed by atoms with E-state index < -0.39 is 6.29 Å². The van der Waals surface area contributed by atoms with Crippen molar-refractivity contribution < 1.29 is 9.84 Å². The van der Waals surface area contributed by atoms with Gasteiger partial charge in [-0.25, -0.2) is 0 Å². The number of thiophene rings is 1. The minimum atomic E-state index is -0.875. The smallest absolute Gasteiger partial charge is 0.192 e. The summed E-state index contributed by atoms with van der Waals surface area (Å²) in [5, 5.41) is 10.9. The number of ether oxygens (including phenoxy) is 1. The summed E-state index contributed by atoms with van der Waals surface area (Å²) >= 11 is 1.38. The van der Waals surface area contributed by atoms with Crippen LogP contribution in [-0.4, -0.2) is 12.2 Å². The monoisotopic (exact) mass is 159 g/mol. The third kappa shape index (κ3) is 1.29. The van der Waals surface area contributed by atoms with Crippen LogP contribution < -0.4 is 5.73 Å². The van der Waals surface area contributed by atoms with Crippen molar-refractivity contribution in [1.29, 1.82) is 0 Å². The molecule has 0 saturated heterocycles. The fraction of sp³-hybridized carbons (Fsp3) is 0.333. The molecule has 0 aliphatic carbocycles. The van der Waals surface area contributed by atoms with Gasteiger partial charge in [-0.3, -0.25) is 0 Å². The number of hydrogen-bond donors (Lipinski definition) is 2. The summed E-state index contributed by atoms with van der Waals surface area (Å²) in [6.45, 7) is 0. The Labute approximate surface area is 63.0 Å². The largest absolute Gasteiger partial charge is 0.398 e. The first-order chi connectivity index (χ1) is 4.75. The van der Waals surface area contributed by atoms with Crippen LogP contribution in [-0.2, 0) is 4.74 Å². The maximum atomic E-state index is 9.11. The summed E-state index contributed by atoms with van der Waals surface area (Å²) in [6.07, 6.45) is -0.875. The Morgan fingerprint density at radius 1 is 1.80 bits per heavy atom. The molecule has 1 atom stereocenters. The van der Waals surface area contributed by atoms with Gasteiger partial charge in [0.25, 0.3) is 0 Å². The van der Waals surface area contributed by atoms with Crippen molar-refractivity contribution in [1.82, 2.24) is 0 Å². The van der Waals surface area contributed by atoms with Gasteiger partial charge >= 0.3 is 0 Å². The average Bonchev–Trinajstić information content (AvgIpc) is 2.34. The Kier molecular flexibility index (Phi) is 2.26. The van der Waals surface area contributed by atoms with Gasteiger partial charge in [0.2, 0.25) is 0 Å². The fourth-order valence-corrected chi connectivity index (χ4v) is 1.42. The molecule has 4 heteroatoms. The quantitative estimate of drug-likeness (QED) is 0.632. The summed E-state index contributed by atoms with van der Waals surface area (Å²) < 4.78 is 4.66. The lowest BCUT2D eigenvalue weighted by atomic mass is 10.4. The van der Waals surface area contributed by atoms with Crippen LogP contribution in [0.15, 0.2) is 11.4 Å². The average molecular weight is 159 g/mol. The van der Waals surface area contributed by atoms with Crippen molar-refractivity contribution in [2.24, 2.45) is 0 Å². The molecule has 0 aliphatic rings. The number of rotatable bonds is 2. The molecule has 0 radical (unpaired) electrons. The van der Waals surface area contributed by atoms with Crippen LogP contribution in [0, 0.1) is 0 Å². The molecule has 10 heavy (non-hydrogen) atoms. The molecule has 0 fully saturated rings. The van der Waals surface area contributed by atoms with E-state index in [0.29, 0.717) is 10.6 Å². The standard InChI is InChI=1S/C6H9NO2S/c1-9-6(8)5-4(7)2-3-10-5/h2-3,6,8H,7H2,1H3. The van der Waals surface area contributed by atoms with E-state index in [2.05, 4.69) is 4.74 Å². The molecule has 1 aromatic rings. The molecule has 0 amide bonds. The molecule has 0 aromatic carbocycles. The van der Waals surface area contributed by atoms with E-state index in [1.807, 2.05) is 5.38 Å². The molecule has 56 valence electrons. The first-order valence-electron chi connectivity index (χ1n) is 2.79. The maximum absolute atomic E-state index is 9.11. The molecular formula is C6H9NO2S. The number of hydrogen-bond acceptors (Lipinski definition) is 4. The fourth-order valence-electron chi connectivity index (χ4n) is 0.639. The number of aliphatic hydroxyl groups excluding tert-OH is 1. The maximum Gasteiger partial charge on any atom is 0.192 e. The molecule has 0 bridgehead atoms. The predicted molar refractivity (Wildman–Crippen MR) is 40.7 cm³/mol. The molecule has 1 aromatic heterocycles. The van der Waals surface area contributed by atoms with E-state index in [0.717, 1.165) is 0 Å². The summed E-state index contributed by atoms with van der Waals surface area (Å²) in [7, 11) is 1.43. The molecule has 1 rings (SSSR count). The zero-order chi connectivity index (χ0) is 7.56. The van der Waals surface area contributed by atoms with Gasteiger partial charge in [-0.1, -0.05) is 0 Å². The van der Waals surface area contributed by atoms with Gasteiger partial charge in [0.1, 0.15) is 0 Å². The molecule has 1 heterocycles. The summed E-state index contributed by atoms with van der Waals surface area (Å²) in [4.78, 5) is 0.669. The lowest BCUT2D eigenvalue weighted by Gasteiger charge is -2.05. The van der Waals surface area contributed by atoms with Crippen LogP contribution in [0.1, 0.15) is 11.2 Å². The Hall–Kier alpha value is -0.580. The lowest BCUT2D eigenvalue weighted by molar-refractivity contribution is -0.0738. The van der Waals surface area contributed by atoms with Gasteiger partial charge in [0.05, 0.1) is 10.6 Å². The van der Waals surface area contributed by atoms with Gasteiger partial charge in [-0.05, 0) is 11.4 Å². The number of nitrogen functional groups attached to an aromatic ring is 1. The van der Waals surface area contributed by atoms with Crippen LogP contribution in [0.5, 0.6) is 0 Å². The van der Waals surface area contributed by atoms with Crippen LogP contribution in [0.4, 0.5) is 5.69 Å². The van der Waals surface area contributed by atoms with Crippen molar-refractivity contribution in [3.8, 4) is 0 Å². The highest BCUT2D eigenvalue weighted by molar-refractivity contribution is 7.10. The first kappa shape index (κ1) is 7.53. The van der Waals surface area contributed by atoms with Crippen molar-refractivity contribution in [3.63, 3.8) is 0 Å². The number of methoxy groups -OCH3 is 1. The number of anilines is 1. The Morgan fingerprint density at radius 3 is 2.90 bits per heavy atom. The van der Waals surface area contributed by atoms with Crippen molar-refractivity contribution >= 4 is 17.0 Å². The molecule has 0 aliphatic heterocycles. The molecule has 3 nitrogen and oxygen atoms in total. The second-order valence-electron chi connectivity index (χ2n) is 1.83. The highest BCUT2D eigenvalue weighted by Gasteiger charge is 2.09. The molecule has 0 saturated carbocycles. The molecule has 0 spiro atoms. The van der Waals surface area contributed by atoms with Gasteiger partial charge in [-0.2, -0.15) is 0 Å². The number of aliphatic hydroxyl groups is 1. The molecule has 3 N–H and O–H groups in total. The molecule has 1 unspecified atom stereocenters. The minimum absolute atomic E-state index is 0.583. The van der Waals surface area contributed by atoms with Crippen molar-refractivity contribution in [2.75, 3.05) is 12.8 Å². The zero-order valence-corrected chi connectivity index (χ0v) is 6.39. The highest BCUT2D eigenvalue weighted by Crippen LogP contribution is 2.26. The Morgan fingerprint density at radius 2 is 2.50 bits per heavy atom. The Bertz CT molecular complexity index is 211. The van der Waals surface area contributed by atoms with Gasteiger partial charge in [-0.15, -0.1) is 11.3 Å². The van der Waals surface area contributed by atoms with Crippen LogP contribution >= 0.6 is 11.3 Å². The van der Waals surface area contributed by atoms with E-state index in [1.54, 1.807) is 6.07 Å². The van der Waals surface area contributed by atoms with E-state index in [1.165, 1.54) is 18.4 Å². The van der Waals surface area contributed by atoms with Crippen LogP contribution in [0.25, 0.3) is 0 Å². The molecular weight excluding hydrogens is 150 g/mol. The minimum Gasteiger partial charge on any atom is -0.398 e. The van der Waals surface area contributed by atoms with E-state index in [9.17, 15) is 0 Å². The lowest BCUT2D eigenvalue weighted by Crippen LogP contribution is -1.99. The van der Waals surface area contributed by atoms with Crippen LogP contribution in [0.3, 0.4) is 0 Å². The van der Waals surface area contributed by atoms with Gasteiger partial charge in [0.15, 0.2) is 6.29 Å². The number of nitrogens with two attached hydrogens (primary N) is 1. The van der Waals surface area contributed by atoms with Crippen molar-refractivity contribution in [2.45, 2.75) is 6.29 Å². The SMILES string of the molecule is COC(O)c1sccc1N. The summed E-state index contributed by atoms with van der Waals surface area (Å²) in [5.41, 5.74) is 6.07. The zero-order valence-electron chi connectivity index (χ0n) is 5.57. The highest BCUT2D eigenvalue weighted by atomic mass is 32.1. The summed E-state index contributed by atoms with van der Waals surface area (Å²) in [6, 6.07) is 1.74. The van der Waals surface area contributed by atoms with Gasteiger partial charge in [0, 0.05) is 7.11 Å². The Balaban J connectivity index is 2.82. The second kappa shape index (κ2) is 3.01. The third-order valence-corrected chi connectivity index (χ3v) is 2.14. The second-order valence-corrected chi connectivity index (χ2v) is 2.78. The first-order valence-corrected chi connectivity index (χ1v) is 3.67. The van der Waals surface area contributed by atoms with Crippen molar-refractivity contribution in [3.05, 3.63) is 16.3 Å². The van der Waals surface area contributed by atoms with E-state index >= 15 is 0 Å². The predicted octanol–water partition coefficient (Wildman–Crippen LogP) is 0.968. The van der Waals surface area contributed by atoms with E-state index in [-0.39, 0.29) is 0 Å².